The van der Waals surface area contributed by atoms with E-state index in [0.29, 0.717) is 11.6 Å². The molecule has 170 valence electrons. The molecule has 1 aliphatic carbocycles. The second-order valence-corrected chi connectivity index (χ2v) is 8.85. The van der Waals surface area contributed by atoms with E-state index in [9.17, 15) is 13.6 Å². The van der Waals surface area contributed by atoms with Crippen LogP contribution in [0.15, 0.2) is 41.7 Å². The van der Waals surface area contributed by atoms with Crippen molar-refractivity contribution in [1.29, 1.82) is 0 Å². The number of H-pyrrole nitrogens is 1. The zero-order valence-corrected chi connectivity index (χ0v) is 17.9. The minimum absolute atomic E-state index is 0.000552. The van der Waals surface area contributed by atoms with Crippen LogP contribution < -0.4 is 10.5 Å². The number of fused-ring (bicyclic) bond motifs is 2. The fraction of sp³-hybridized carbons (Fsp3) is 0.391. The second kappa shape index (κ2) is 7.87. The van der Waals surface area contributed by atoms with Gasteiger partial charge in [0.1, 0.15) is 11.5 Å². The van der Waals surface area contributed by atoms with Crippen molar-refractivity contribution < 1.29 is 8.78 Å². The predicted molar refractivity (Wildman–Crippen MR) is 120 cm³/mol. The molecule has 4 aromatic heterocycles. The van der Waals surface area contributed by atoms with Crippen molar-refractivity contribution in [2.75, 3.05) is 31.1 Å². The zero-order valence-electron chi connectivity index (χ0n) is 17.9. The highest BCUT2D eigenvalue weighted by atomic mass is 19.3. The summed E-state index contributed by atoms with van der Waals surface area (Å²) in [4.78, 5) is 32.7. The van der Waals surface area contributed by atoms with Crippen LogP contribution in [-0.4, -0.2) is 55.4 Å². The van der Waals surface area contributed by atoms with Crippen molar-refractivity contribution in [3.8, 4) is 0 Å². The van der Waals surface area contributed by atoms with Crippen LogP contribution in [-0.2, 0) is 6.54 Å². The number of alkyl halides is 2. The van der Waals surface area contributed by atoms with Crippen molar-refractivity contribution in [2.45, 2.75) is 31.7 Å². The van der Waals surface area contributed by atoms with Gasteiger partial charge in [-0.15, -0.1) is 0 Å². The Morgan fingerprint density at radius 3 is 2.64 bits per heavy atom. The van der Waals surface area contributed by atoms with Crippen LogP contribution in [0.25, 0.3) is 16.7 Å². The first-order chi connectivity index (χ1) is 16.0. The number of hydrogen-bond donors (Lipinski definition) is 1. The smallest absolute Gasteiger partial charge is 0.281 e. The van der Waals surface area contributed by atoms with Crippen LogP contribution >= 0.6 is 0 Å². The van der Waals surface area contributed by atoms with Crippen LogP contribution in [0, 0.1) is 0 Å². The number of halogens is 2. The first kappa shape index (κ1) is 20.2. The number of aromatic nitrogens is 5. The standard InChI is InChI=1S/C23H23F2N7O/c24-22(25)19-12-32-13-21(27-10-20(32)28-19)31-5-3-30(4-6-31)11-14-7-18-17(26-9-14)8-16(15-1-2-15)23(33)29-18/h7-10,12-13,15,22H,1-6,11H2,(H,29,33). The molecule has 0 aromatic carbocycles. The van der Waals surface area contributed by atoms with Gasteiger partial charge in [-0.2, -0.15) is 0 Å². The molecule has 0 amide bonds. The van der Waals surface area contributed by atoms with E-state index in [4.69, 9.17) is 0 Å². The summed E-state index contributed by atoms with van der Waals surface area (Å²) >= 11 is 0. The molecule has 5 heterocycles. The third kappa shape index (κ3) is 3.95. The normalized spacial score (nSPS) is 17.5. The summed E-state index contributed by atoms with van der Waals surface area (Å²) in [5.41, 5.74) is 3.70. The van der Waals surface area contributed by atoms with E-state index >= 15 is 0 Å². The Balaban J connectivity index is 1.13. The molecular formula is C23H23F2N7O. The van der Waals surface area contributed by atoms with Crippen LogP contribution in [0.2, 0.25) is 0 Å². The molecule has 10 heteroatoms. The summed E-state index contributed by atoms with van der Waals surface area (Å²) in [5.74, 6) is 1.14. The number of aromatic amines is 1. The monoisotopic (exact) mass is 451 g/mol. The van der Waals surface area contributed by atoms with Crippen LogP contribution in [0.3, 0.4) is 0 Å². The van der Waals surface area contributed by atoms with E-state index in [2.05, 4.69) is 29.7 Å². The maximum Gasteiger partial charge on any atom is 0.281 e. The maximum absolute atomic E-state index is 12.9. The first-order valence-electron chi connectivity index (χ1n) is 11.2. The molecule has 0 radical (unpaired) electrons. The Morgan fingerprint density at radius 1 is 1.06 bits per heavy atom. The molecule has 2 aliphatic rings. The number of imidazole rings is 1. The lowest BCUT2D eigenvalue weighted by Crippen LogP contribution is -2.46. The van der Waals surface area contributed by atoms with Gasteiger partial charge < -0.3 is 14.3 Å². The number of piperazine rings is 1. The van der Waals surface area contributed by atoms with Gasteiger partial charge in [0, 0.05) is 50.7 Å². The molecule has 0 atom stereocenters. The van der Waals surface area contributed by atoms with Crippen molar-refractivity contribution in [3.63, 3.8) is 0 Å². The van der Waals surface area contributed by atoms with Gasteiger partial charge in [-0.25, -0.2) is 18.7 Å². The number of pyridine rings is 2. The van der Waals surface area contributed by atoms with Gasteiger partial charge in [0.15, 0.2) is 5.65 Å². The Morgan fingerprint density at radius 2 is 1.88 bits per heavy atom. The Hall–Kier alpha value is -3.40. The fourth-order valence-corrected chi connectivity index (χ4v) is 4.49. The molecular weight excluding hydrogens is 428 g/mol. The lowest BCUT2D eigenvalue weighted by molar-refractivity contribution is 0.147. The molecule has 8 nitrogen and oxygen atoms in total. The number of rotatable bonds is 5. The largest absolute Gasteiger partial charge is 0.353 e. The highest BCUT2D eigenvalue weighted by Gasteiger charge is 2.27. The average Bonchev–Trinajstić information content (AvgIpc) is 3.56. The highest BCUT2D eigenvalue weighted by molar-refractivity contribution is 5.75. The third-order valence-electron chi connectivity index (χ3n) is 6.47. The molecule has 1 N–H and O–H groups in total. The molecule has 4 aromatic rings. The van der Waals surface area contributed by atoms with E-state index in [0.717, 1.165) is 73.5 Å². The molecule has 0 spiro atoms. The molecule has 1 saturated carbocycles. The number of nitrogens with one attached hydrogen (secondary N) is 1. The average molecular weight is 451 g/mol. The van der Waals surface area contributed by atoms with Crippen molar-refractivity contribution in [1.82, 2.24) is 29.2 Å². The van der Waals surface area contributed by atoms with E-state index in [-0.39, 0.29) is 11.3 Å². The third-order valence-corrected chi connectivity index (χ3v) is 6.47. The number of nitrogens with zero attached hydrogens (tertiary/aromatic N) is 6. The van der Waals surface area contributed by atoms with Gasteiger partial charge in [0.05, 0.1) is 23.4 Å². The van der Waals surface area contributed by atoms with Gasteiger partial charge in [0.25, 0.3) is 12.0 Å². The Labute approximate surface area is 187 Å². The minimum Gasteiger partial charge on any atom is -0.353 e. The van der Waals surface area contributed by atoms with E-state index < -0.39 is 6.43 Å². The summed E-state index contributed by atoms with van der Waals surface area (Å²) in [6.07, 6.45) is 6.10. The van der Waals surface area contributed by atoms with Gasteiger partial charge in [-0.3, -0.25) is 14.7 Å². The quantitative estimate of drug-likeness (QED) is 0.502. The molecule has 33 heavy (non-hydrogen) atoms. The fourth-order valence-electron chi connectivity index (χ4n) is 4.49. The van der Waals surface area contributed by atoms with Crippen LogP contribution in [0.5, 0.6) is 0 Å². The highest BCUT2D eigenvalue weighted by Crippen LogP contribution is 2.38. The lowest BCUT2D eigenvalue weighted by atomic mass is 10.1. The molecule has 1 saturated heterocycles. The first-order valence-corrected chi connectivity index (χ1v) is 11.2. The van der Waals surface area contributed by atoms with Crippen molar-refractivity contribution >= 4 is 22.5 Å². The SMILES string of the molecule is O=c1[nH]c2cc(CN3CCN(c4cn5cc(C(F)F)nc5cn4)CC3)cnc2cc1C1CC1. The van der Waals surface area contributed by atoms with E-state index in [1.165, 1.54) is 12.4 Å². The Kier molecular flexibility index (Phi) is 4.83. The molecule has 6 rings (SSSR count). The number of anilines is 1. The summed E-state index contributed by atoms with van der Waals surface area (Å²) in [6, 6.07) is 3.95. The summed E-state index contributed by atoms with van der Waals surface area (Å²) < 4.78 is 27.4. The summed E-state index contributed by atoms with van der Waals surface area (Å²) in [7, 11) is 0. The zero-order chi connectivity index (χ0) is 22.5. The maximum atomic E-state index is 12.9. The van der Waals surface area contributed by atoms with Gasteiger partial charge >= 0.3 is 0 Å². The minimum atomic E-state index is -2.60. The topological polar surface area (TPSA) is 82.4 Å². The lowest BCUT2D eigenvalue weighted by Gasteiger charge is -2.35. The number of hydrogen-bond acceptors (Lipinski definition) is 6. The van der Waals surface area contributed by atoms with Gasteiger partial charge in [-0.05, 0) is 36.5 Å². The molecule has 1 aliphatic heterocycles. The second-order valence-electron chi connectivity index (χ2n) is 8.85. The van der Waals surface area contributed by atoms with Crippen molar-refractivity contribution in [3.05, 3.63) is 64.1 Å². The Bertz CT molecular complexity index is 1390. The van der Waals surface area contributed by atoms with Crippen molar-refractivity contribution in [2.24, 2.45) is 0 Å². The van der Waals surface area contributed by atoms with Crippen LogP contribution in [0.1, 0.15) is 42.0 Å². The molecule has 2 fully saturated rings. The van der Waals surface area contributed by atoms with E-state index in [1.807, 2.05) is 18.3 Å². The summed E-state index contributed by atoms with van der Waals surface area (Å²) in [5, 5.41) is 0. The van der Waals surface area contributed by atoms with Crippen LogP contribution in [0.4, 0.5) is 14.6 Å². The molecule has 0 bridgehead atoms. The predicted octanol–water partition coefficient (Wildman–Crippen LogP) is 3.10. The summed E-state index contributed by atoms with van der Waals surface area (Å²) in [6.45, 7) is 3.96. The van der Waals surface area contributed by atoms with Gasteiger partial charge in [-0.1, -0.05) is 0 Å². The van der Waals surface area contributed by atoms with E-state index in [1.54, 1.807) is 10.6 Å². The molecule has 0 unspecified atom stereocenters. The van der Waals surface area contributed by atoms with Gasteiger partial charge in [0.2, 0.25) is 0 Å².